The van der Waals surface area contributed by atoms with E-state index in [0.29, 0.717) is 11.5 Å². The third-order valence-corrected chi connectivity index (χ3v) is 4.20. The second-order valence-electron chi connectivity index (χ2n) is 3.79. The highest BCUT2D eigenvalue weighted by Gasteiger charge is 2.07. The first kappa shape index (κ1) is 12.7. The van der Waals surface area contributed by atoms with E-state index in [1.54, 1.807) is 6.92 Å². The quantitative estimate of drug-likeness (QED) is 0.864. The van der Waals surface area contributed by atoms with Crippen molar-refractivity contribution in [3.05, 3.63) is 24.3 Å². The van der Waals surface area contributed by atoms with Crippen molar-refractivity contribution in [1.29, 1.82) is 0 Å². The zero-order valence-electron chi connectivity index (χ0n) is 10.00. The molecular weight excluding hydrogens is 252 g/mol. The van der Waals surface area contributed by atoms with Crippen LogP contribution in [0.5, 0.6) is 0 Å². The van der Waals surface area contributed by atoms with Crippen LogP contribution in [-0.2, 0) is 9.84 Å². The summed E-state index contributed by atoms with van der Waals surface area (Å²) < 4.78 is 22.6. The molecule has 0 saturated carbocycles. The standard InChI is InChI=1S/C11H14N4O2S/c1-2-18(16,17)8-7-12-11-13-9-5-3-4-6-10(9)14-15-11/h3-6H,2,7-8H2,1H3,(H,12,13,15). The summed E-state index contributed by atoms with van der Waals surface area (Å²) >= 11 is 0. The van der Waals surface area contributed by atoms with Gasteiger partial charge in [-0.25, -0.2) is 13.4 Å². The lowest BCUT2D eigenvalue weighted by molar-refractivity contribution is 0.597. The average Bonchev–Trinajstić information content (AvgIpc) is 2.38. The van der Waals surface area contributed by atoms with Crippen LogP contribution in [0, 0.1) is 0 Å². The predicted octanol–water partition coefficient (Wildman–Crippen LogP) is 0.871. The number of para-hydroxylation sites is 1. The summed E-state index contributed by atoms with van der Waals surface area (Å²) in [6.07, 6.45) is 0. The minimum atomic E-state index is -2.97. The minimum absolute atomic E-state index is 0.0691. The van der Waals surface area contributed by atoms with E-state index in [1.807, 2.05) is 24.3 Å². The van der Waals surface area contributed by atoms with Crippen molar-refractivity contribution < 1.29 is 8.42 Å². The Morgan fingerprint density at radius 3 is 2.61 bits per heavy atom. The summed E-state index contributed by atoms with van der Waals surface area (Å²) in [5.41, 5.74) is 1.44. The minimum Gasteiger partial charge on any atom is -0.352 e. The number of hydrogen-bond donors (Lipinski definition) is 1. The van der Waals surface area contributed by atoms with Gasteiger partial charge in [0.05, 0.1) is 11.3 Å². The molecule has 0 saturated heterocycles. The van der Waals surface area contributed by atoms with Gasteiger partial charge in [0.1, 0.15) is 5.52 Å². The molecule has 0 amide bonds. The fourth-order valence-corrected chi connectivity index (χ4v) is 2.12. The Kier molecular flexibility index (Phi) is 3.71. The monoisotopic (exact) mass is 266 g/mol. The van der Waals surface area contributed by atoms with Crippen LogP contribution in [0.3, 0.4) is 0 Å². The highest BCUT2D eigenvalue weighted by Crippen LogP contribution is 2.08. The summed E-state index contributed by atoms with van der Waals surface area (Å²) in [4.78, 5) is 4.24. The summed E-state index contributed by atoms with van der Waals surface area (Å²) in [5.74, 6) is 0.561. The molecule has 96 valence electrons. The molecule has 0 atom stereocenters. The number of sulfone groups is 1. The molecule has 1 N–H and O–H groups in total. The Bertz CT molecular complexity index is 642. The van der Waals surface area contributed by atoms with Gasteiger partial charge in [-0.3, -0.25) is 0 Å². The highest BCUT2D eigenvalue weighted by molar-refractivity contribution is 7.91. The van der Waals surface area contributed by atoms with E-state index in [0.717, 1.165) is 5.52 Å². The van der Waals surface area contributed by atoms with Gasteiger partial charge in [-0.05, 0) is 12.1 Å². The number of fused-ring (bicyclic) bond motifs is 1. The van der Waals surface area contributed by atoms with Gasteiger partial charge in [0, 0.05) is 12.3 Å². The van der Waals surface area contributed by atoms with Crippen molar-refractivity contribution in [2.24, 2.45) is 0 Å². The lowest BCUT2D eigenvalue weighted by atomic mass is 10.3. The number of anilines is 1. The number of nitrogens with one attached hydrogen (secondary N) is 1. The number of hydrogen-bond acceptors (Lipinski definition) is 6. The topological polar surface area (TPSA) is 84.8 Å². The third kappa shape index (κ3) is 3.13. The van der Waals surface area contributed by atoms with Crippen LogP contribution < -0.4 is 5.32 Å². The first-order chi connectivity index (χ1) is 8.61. The zero-order valence-corrected chi connectivity index (χ0v) is 10.8. The Hall–Kier alpha value is -1.76. The van der Waals surface area contributed by atoms with Crippen LogP contribution in [0.15, 0.2) is 24.3 Å². The summed E-state index contributed by atoms with van der Waals surface area (Å²) in [5, 5.41) is 10.7. The molecule has 0 aliphatic carbocycles. The van der Waals surface area contributed by atoms with Gasteiger partial charge >= 0.3 is 0 Å². The second-order valence-corrected chi connectivity index (χ2v) is 6.26. The Morgan fingerprint density at radius 2 is 1.89 bits per heavy atom. The summed E-state index contributed by atoms with van der Waals surface area (Å²) in [6, 6.07) is 7.38. The summed E-state index contributed by atoms with van der Waals surface area (Å²) in [7, 11) is -2.97. The zero-order chi connectivity index (χ0) is 13.0. The van der Waals surface area contributed by atoms with E-state index in [4.69, 9.17) is 0 Å². The maximum Gasteiger partial charge on any atom is 0.243 e. The molecule has 2 aromatic rings. The van der Waals surface area contributed by atoms with Crippen molar-refractivity contribution in [2.45, 2.75) is 6.92 Å². The van der Waals surface area contributed by atoms with Gasteiger partial charge in [-0.2, -0.15) is 0 Å². The molecule has 2 rings (SSSR count). The average molecular weight is 266 g/mol. The molecule has 0 aliphatic heterocycles. The Labute approximate surface area is 105 Å². The second kappa shape index (κ2) is 5.26. The van der Waals surface area contributed by atoms with E-state index in [9.17, 15) is 8.42 Å². The van der Waals surface area contributed by atoms with Crippen molar-refractivity contribution in [3.63, 3.8) is 0 Å². The lowest BCUT2D eigenvalue weighted by Gasteiger charge is -2.04. The number of aromatic nitrogens is 3. The molecule has 1 heterocycles. The van der Waals surface area contributed by atoms with Gasteiger partial charge < -0.3 is 5.32 Å². The Balaban J connectivity index is 2.04. The molecule has 0 spiro atoms. The van der Waals surface area contributed by atoms with E-state index in [1.165, 1.54) is 0 Å². The SMILES string of the molecule is CCS(=O)(=O)CCNc1nnc2ccccc2n1. The van der Waals surface area contributed by atoms with Crippen LogP contribution in [-0.4, -0.2) is 41.6 Å². The van der Waals surface area contributed by atoms with Crippen molar-refractivity contribution in [2.75, 3.05) is 23.4 Å². The molecule has 1 aromatic carbocycles. The van der Waals surface area contributed by atoms with E-state index in [2.05, 4.69) is 20.5 Å². The van der Waals surface area contributed by atoms with Crippen molar-refractivity contribution in [3.8, 4) is 0 Å². The first-order valence-corrected chi connectivity index (χ1v) is 7.46. The van der Waals surface area contributed by atoms with Crippen molar-refractivity contribution >= 4 is 26.8 Å². The predicted molar refractivity (Wildman–Crippen MR) is 70.2 cm³/mol. The van der Waals surface area contributed by atoms with Crippen LogP contribution >= 0.6 is 0 Å². The molecule has 0 radical (unpaired) electrons. The maximum absolute atomic E-state index is 11.3. The molecule has 0 unspecified atom stereocenters. The lowest BCUT2D eigenvalue weighted by Crippen LogP contribution is -2.18. The maximum atomic E-state index is 11.3. The molecule has 0 aliphatic rings. The largest absolute Gasteiger partial charge is 0.352 e. The molecule has 1 aromatic heterocycles. The molecular formula is C11H14N4O2S. The number of benzene rings is 1. The molecule has 18 heavy (non-hydrogen) atoms. The van der Waals surface area contributed by atoms with E-state index < -0.39 is 9.84 Å². The smallest absolute Gasteiger partial charge is 0.243 e. The molecule has 0 bridgehead atoms. The normalized spacial score (nSPS) is 11.6. The van der Waals surface area contributed by atoms with Gasteiger partial charge in [0.15, 0.2) is 9.84 Å². The molecule has 6 nitrogen and oxygen atoms in total. The highest BCUT2D eigenvalue weighted by atomic mass is 32.2. The fourth-order valence-electron chi connectivity index (χ4n) is 1.42. The van der Waals surface area contributed by atoms with Crippen molar-refractivity contribution in [1.82, 2.24) is 15.2 Å². The molecule has 7 heteroatoms. The van der Waals surface area contributed by atoms with Gasteiger partial charge in [-0.15, -0.1) is 10.2 Å². The number of nitrogens with zero attached hydrogens (tertiary/aromatic N) is 3. The third-order valence-electron chi connectivity index (χ3n) is 2.50. The molecule has 0 fully saturated rings. The van der Waals surface area contributed by atoms with Gasteiger partial charge in [0.25, 0.3) is 0 Å². The van der Waals surface area contributed by atoms with Gasteiger partial charge in [-0.1, -0.05) is 19.1 Å². The van der Waals surface area contributed by atoms with Crippen LogP contribution in [0.1, 0.15) is 6.92 Å². The summed E-state index contributed by atoms with van der Waals surface area (Å²) in [6.45, 7) is 1.92. The van der Waals surface area contributed by atoms with E-state index in [-0.39, 0.29) is 18.1 Å². The number of rotatable bonds is 5. The fraction of sp³-hybridized carbons (Fsp3) is 0.364. The van der Waals surface area contributed by atoms with Crippen LogP contribution in [0.25, 0.3) is 11.0 Å². The van der Waals surface area contributed by atoms with Crippen LogP contribution in [0.2, 0.25) is 0 Å². The van der Waals surface area contributed by atoms with Gasteiger partial charge in [0.2, 0.25) is 5.95 Å². The van der Waals surface area contributed by atoms with Crippen LogP contribution in [0.4, 0.5) is 5.95 Å². The first-order valence-electron chi connectivity index (χ1n) is 5.64. The van der Waals surface area contributed by atoms with E-state index >= 15 is 0 Å². The Morgan fingerprint density at radius 1 is 1.17 bits per heavy atom.